The Hall–Kier alpha value is -3.42. The summed E-state index contributed by atoms with van der Waals surface area (Å²) in [5, 5.41) is 7.04. The van der Waals surface area contributed by atoms with Crippen LogP contribution in [0.25, 0.3) is 11.4 Å². The van der Waals surface area contributed by atoms with E-state index in [-0.39, 0.29) is 24.3 Å². The number of carbonyl (C=O) groups is 1. The molecule has 8 heteroatoms. The highest BCUT2D eigenvalue weighted by Gasteiger charge is 2.25. The number of nitrogens with one attached hydrogen (secondary N) is 1. The van der Waals surface area contributed by atoms with Crippen molar-refractivity contribution in [2.75, 3.05) is 14.2 Å². The smallest absolute Gasteiger partial charge is 0.249 e. The van der Waals surface area contributed by atoms with Crippen molar-refractivity contribution in [1.29, 1.82) is 0 Å². The molecule has 0 aliphatic heterocycles. The molecule has 0 spiro atoms. The number of carbonyl (C=O) groups excluding carboxylic acids is 1. The third kappa shape index (κ3) is 5.14. The Labute approximate surface area is 175 Å². The van der Waals surface area contributed by atoms with Crippen molar-refractivity contribution >= 4 is 5.91 Å². The van der Waals surface area contributed by atoms with Crippen LogP contribution >= 0.6 is 0 Å². The summed E-state index contributed by atoms with van der Waals surface area (Å²) in [5.74, 6) is 2.22. The number of hydrogen-bond acceptors (Lipinski definition) is 7. The Kier molecular flexibility index (Phi) is 7.00. The van der Waals surface area contributed by atoms with Gasteiger partial charge in [-0.3, -0.25) is 9.78 Å². The number of aromatic nitrogens is 3. The predicted molar refractivity (Wildman–Crippen MR) is 111 cm³/mol. The van der Waals surface area contributed by atoms with Gasteiger partial charge in [-0.1, -0.05) is 19.0 Å². The van der Waals surface area contributed by atoms with Crippen molar-refractivity contribution < 1.29 is 18.8 Å². The molecule has 1 aromatic carbocycles. The van der Waals surface area contributed by atoms with Gasteiger partial charge in [-0.15, -0.1) is 0 Å². The molecule has 3 rings (SSSR count). The van der Waals surface area contributed by atoms with E-state index in [1.165, 1.54) is 0 Å². The maximum Gasteiger partial charge on any atom is 0.249 e. The molecule has 0 aliphatic carbocycles. The zero-order valence-corrected chi connectivity index (χ0v) is 17.6. The first-order chi connectivity index (χ1) is 14.5. The zero-order valence-electron chi connectivity index (χ0n) is 17.6. The molecule has 158 valence electrons. The molecule has 0 aliphatic rings. The van der Waals surface area contributed by atoms with Crippen molar-refractivity contribution in [1.82, 2.24) is 20.4 Å². The van der Waals surface area contributed by atoms with Gasteiger partial charge >= 0.3 is 0 Å². The van der Waals surface area contributed by atoms with Crippen molar-refractivity contribution in [2.45, 2.75) is 32.7 Å². The maximum absolute atomic E-state index is 12.7. The van der Waals surface area contributed by atoms with E-state index in [2.05, 4.69) is 20.4 Å². The predicted octanol–water partition coefficient (Wildman–Crippen LogP) is 3.59. The van der Waals surface area contributed by atoms with Crippen LogP contribution in [-0.2, 0) is 11.2 Å². The van der Waals surface area contributed by atoms with Crippen molar-refractivity contribution in [3.05, 3.63) is 54.2 Å². The van der Waals surface area contributed by atoms with E-state index in [0.717, 1.165) is 22.6 Å². The lowest BCUT2D eigenvalue weighted by Crippen LogP contribution is -2.32. The van der Waals surface area contributed by atoms with Crippen LogP contribution in [0.15, 0.2) is 47.2 Å². The normalized spacial score (nSPS) is 11.9. The van der Waals surface area contributed by atoms with Crippen molar-refractivity contribution in [2.24, 2.45) is 5.92 Å². The summed E-state index contributed by atoms with van der Waals surface area (Å²) < 4.78 is 16.1. The van der Waals surface area contributed by atoms with Gasteiger partial charge in [0.2, 0.25) is 17.6 Å². The zero-order chi connectivity index (χ0) is 21.5. The number of pyridine rings is 1. The summed E-state index contributed by atoms with van der Waals surface area (Å²) in [6.07, 6.45) is 4.15. The van der Waals surface area contributed by atoms with Gasteiger partial charge in [-0.25, -0.2) is 0 Å². The fourth-order valence-electron chi connectivity index (χ4n) is 3.06. The molecule has 0 bridgehead atoms. The van der Waals surface area contributed by atoms with Crippen LogP contribution in [0.5, 0.6) is 11.5 Å². The standard InChI is InChI=1S/C22H26N4O4/c1-14(2)20(22-25-21(26-30-22)16-6-5-11-23-13-16)24-19(27)10-7-15-12-17(28-3)8-9-18(15)29-4/h5-6,8-9,11-14,20H,7,10H2,1-4H3,(H,24,27). The molecule has 1 N–H and O–H groups in total. The van der Waals surface area contributed by atoms with Gasteiger partial charge in [0, 0.05) is 24.4 Å². The lowest BCUT2D eigenvalue weighted by atomic mass is 10.0. The van der Waals surface area contributed by atoms with Gasteiger partial charge in [-0.2, -0.15) is 4.98 Å². The maximum atomic E-state index is 12.7. The molecular weight excluding hydrogens is 384 g/mol. The second kappa shape index (κ2) is 9.87. The first-order valence-corrected chi connectivity index (χ1v) is 9.76. The highest BCUT2D eigenvalue weighted by molar-refractivity contribution is 5.76. The van der Waals surface area contributed by atoms with E-state index in [4.69, 9.17) is 14.0 Å². The van der Waals surface area contributed by atoms with Gasteiger partial charge in [-0.05, 0) is 48.2 Å². The molecule has 3 aromatic rings. The number of ether oxygens (including phenoxy) is 2. The average Bonchev–Trinajstić information content (AvgIpc) is 3.26. The van der Waals surface area contributed by atoms with E-state index in [1.54, 1.807) is 32.7 Å². The Morgan fingerprint density at radius 2 is 2.03 bits per heavy atom. The highest BCUT2D eigenvalue weighted by atomic mass is 16.5. The summed E-state index contributed by atoms with van der Waals surface area (Å²) >= 11 is 0. The number of aryl methyl sites for hydroxylation is 1. The van der Waals surface area contributed by atoms with Crippen LogP contribution in [0.2, 0.25) is 0 Å². The molecular formula is C22H26N4O4. The van der Waals surface area contributed by atoms with Gasteiger partial charge in [0.15, 0.2) is 0 Å². The second-order valence-corrected chi connectivity index (χ2v) is 7.16. The van der Waals surface area contributed by atoms with Gasteiger partial charge < -0.3 is 19.3 Å². The number of rotatable bonds is 9. The topological polar surface area (TPSA) is 99.4 Å². The fourth-order valence-corrected chi connectivity index (χ4v) is 3.06. The summed E-state index contributed by atoms with van der Waals surface area (Å²) in [4.78, 5) is 21.2. The fraction of sp³-hybridized carbons (Fsp3) is 0.364. The van der Waals surface area contributed by atoms with Crippen LogP contribution in [0.4, 0.5) is 0 Å². The lowest BCUT2D eigenvalue weighted by molar-refractivity contribution is -0.122. The third-order valence-corrected chi connectivity index (χ3v) is 4.72. The average molecular weight is 410 g/mol. The molecule has 30 heavy (non-hydrogen) atoms. The van der Waals surface area contributed by atoms with E-state index >= 15 is 0 Å². The van der Waals surface area contributed by atoms with Crippen LogP contribution in [0.3, 0.4) is 0 Å². The molecule has 8 nitrogen and oxygen atoms in total. The SMILES string of the molecule is COc1ccc(OC)c(CCC(=O)NC(c2nc(-c3cccnc3)no2)C(C)C)c1. The number of amides is 1. The second-order valence-electron chi connectivity index (χ2n) is 7.16. The summed E-state index contributed by atoms with van der Waals surface area (Å²) in [5.41, 5.74) is 1.66. The summed E-state index contributed by atoms with van der Waals surface area (Å²) in [7, 11) is 3.21. The van der Waals surface area contributed by atoms with Crippen molar-refractivity contribution in [3.63, 3.8) is 0 Å². The Morgan fingerprint density at radius 3 is 2.70 bits per heavy atom. The monoisotopic (exact) mass is 410 g/mol. The molecule has 1 amide bonds. The molecule has 2 heterocycles. The first-order valence-electron chi connectivity index (χ1n) is 9.76. The third-order valence-electron chi connectivity index (χ3n) is 4.72. The molecule has 1 unspecified atom stereocenters. The van der Waals surface area contributed by atoms with E-state index < -0.39 is 0 Å². The number of hydrogen-bond donors (Lipinski definition) is 1. The number of nitrogens with zero attached hydrogens (tertiary/aromatic N) is 3. The molecule has 0 fully saturated rings. The number of methoxy groups -OCH3 is 2. The van der Waals surface area contributed by atoms with Crippen LogP contribution in [0.1, 0.15) is 37.8 Å². The molecule has 0 saturated heterocycles. The first kappa shape index (κ1) is 21.3. The van der Waals surface area contributed by atoms with Crippen LogP contribution < -0.4 is 14.8 Å². The lowest BCUT2D eigenvalue weighted by Gasteiger charge is -2.18. The Bertz CT molecular complexity index is 972. The largest absolute Gasteiger partial charge is 0.497 e. The van der Waals surface area contributed by atoms with E-state index in [1.807, 2.05) is 38.1 Å². The molecule has 0 saturated carbocycles. The minimum absolute atomic E-state index is 0.0718. The van der Waals surface area contributed by atoms with Gasteiger partial charge in [0.25, 0.3) is 0 Å². The van der Waals surface area contributed by atoms with E-state index in [9.17, 15) is 4.79 Å². The number of benzene rings is 1. The molecule has 2 aromatic heterocycles. The molecule has 1 atom stereocenters. The minimum Gasteiger partial charge on any atom is -0.497 e. The Morgan fingerprint density at radius 1 is 1.20 bits per heavy atom. The van der Waals surface area contributed by atoms with Gasteiger partial charge in [0.05, 0.1) is 14.2 Å². The van der Waals surface area contributed by atoms with Crippen LogP contribution in [-0.4, -0.2) is 35.3 Å². The molecule has 0 radical (unpaired) electrons. The quantitative estimate of drug-likeness (QED) is 0.575. The minimum atomic E-state index is -0.386. The Balaban J connectivity index is 1.67. The van der Waals surface area contributed by atoms with Crippen molar-refractivity contribution in [3.8, 4) is 22.9 Å². The van der Waals surface area contributed by atoms with Crippen LogP contribution in [0, 0.1) is 5.92 Å². The van der Waals surface area contributed by atoms with Gasteiger partial charge in [0.1, 0.15) is 17.5 Å². The van der Waals surface area contributed by atoms with E-state index in [0.29, 0.717) is 18.1 Å². The highest BCUT2D eigenvalue weighted by Crippen LogP contribution is 2.26. The summed E-state index contributed by atoms with van der Waals surface area (Å²) in [6, 6.07) is 8.81. The summed E-state index contributed by atoms with van der Waals surface area (Å²) in [6.45, 7) is 3.98.